The van der Waals surface area contributed by atoms with E-state index < -0.39 is 6.23 Å². The molecule has 8 nitrogen and oxygen atoms in total. The number of carbonyl (C=O) groups is 1. The van der Waals surface area contributed by atoms with Gasteiger partial charge in [-0.25, -0.2) is 4.79 Å². The summed E-state index contributed by atoms with van der Waals surface area (Å²) in [6.45, 7) is 2.17. The summed E-state index contributed by atoms with van der Waals surface area (Å²) in [7, 11) is 6.80. The fourth-order valence-corrected chi connectivity index (χ4v) is 9.41. The number of piperidine rings is 4. The summed E-state index contributed by atoms with van der Waals surface area (Å²) in [4.78, 5) is 18.7. The number of fused-ring (bicyclic) bond motifs is 2. The highest BCUT2D eigenvalue weighted by Crippen LogP contribution is 2.69. The maximum absolute atomic E-state index is 13.9. The van der Waals surface area contributed by atoms with Crippen LogP contribution in [0.4, 0.5) is 5.69 Å². The second kappa shape index (κ2) is 8.26. The van der Waals surface area contributed by atoms with Crippen LogP contribution < -0.4 is 19.1 Å². The number of para-hydroxylation sites is 1. The van der Waals surface area contributed by atoms with Crippen LogP contribution in [0.15, 0.2) is 36.4 Å². The van der Waals surface area contributed by atoms with E-state index in [1.165, 1.54) is 11.3 Å². The highest BCUT2D eigenvalue weighted by molar-refractivity contribution is 5.91. The number of aliphatic hydroxyl groups excluding tert-OH is 1. The van der Waals surface area contributed by atoms with Gasteiger partial charge in [-0.05, 0) is 48.9 Å². The molecule has 2 aromatic rings. The Balaban J connectivity index is 1.35. The molecule has 5 aliphatic heterocycles. The molecule has 4 saturated heterocycles. The van der Waals surface area contributed by atoms with E-state index in [1.54, 1.807) is 33.5 Å². The zero-order valence-corrected chi connectivity index (χ0v) is 22.6. The van der Waals surface area contributed by atoms with Crippen molar-refractivity contribution in [2.24, 2.45) is 17.8 Å². The molecular weight excluding hydrogens is 484 g/mol. The van der Waals surface area contributed by atoms with Gasteiger partial charge in [0, 0.05) is 36.7 Å². The number of hydrogen-bond acceptors (Lipinski definition) is 8. The van der Waals surface area contributed by atoms with Crippen LogP contribution in [-0.2, 0) is 10.2 Å². The van der Waals surface area contributed by atoms with Gasteiger partial charge in [0.05, 0.1) is 38.3 Å². The number of aliphatic hydroxyl groups is 1. The number of anilines is 1. The lowest BCUT2D eigenvalue weighted by atomic mass is 9.62. The molecule has 1 saturated carbocycles. The molecule has 38 heavy (non-hydrogen) atoms. The van der Waals surface area contributed by atoms with Crippen LogP contribution >= 0.6 is 0 Å². The van der Waals surface area contributed by atoms with E-state index in [1.807, 2.05) is 0 Å². The summed E-state index contributed by atoms with van der Waals surface area (Å²) >= 11 is 0. The molecule has 1 aliphatic carbocycles. The molecule has 5 fully saturated rings. The fraction of sp³-hybridized carbons (Fsp3) is 0.567. The van der Waals surface area contributed by atoms with E-state index >= 15 is 0 Å². The van der Waals surface area contributed by atoms with Crippen molar-refractivity contribution < 1.29 is 28.8 Å². The first-order valence-electron chi connectivity index (χ1n) is 13.7. The van der Waals surface area contributed by atoms with Gasteiger partial charge in [0.15, 0.2) is 11.5 Å². The Bertz CT molecular complexity index is 1270. The molecule has 8 rings (SSSR count). The third-order valence-electron chi connectivity index (χ3n) is 10.6. The highest BCUT2D eigenvalue weighted by atomic mass is 16.5. The number of ether oxygens (including phenoxy) is 4. The van der Waals surface area contributed by atoms with Gasteiger partial charge < -0.3 is 29.0 Å². The van der Waals surface area contributed by atoms with E-state index in [2.05, 4.69) is 48.0 Å². The van der Waals surface area contributed by atoms with E-state index in [0.717, 1.165) is 19.3 Å². The lowest BCUT2D eigenvalue weighted by Crippen LogP contribution is -2.72. The van der Waals surface area contributed by atoms with Gasteiger partial charge in [0.25, 0.3) is 0 Å². The Morgan fingerprint density at radius 1 is 1.08 bits per heavy atom. The van der Waals surface area contributed by atoms with Crippen LogP contribution in [0, 0.1) is 17.8 Å². The molecule has 202 valence electrons. The monoisotopic (exact) mass is 520 g/mol. The van der Waals surface area contributed by atoms with Crippen molar-refractivity contribution in [3.63, 3.8) is 0 Å². The Labute approximate surface area is 223 Å². The lowest BCUT2D eigenvalue weighted by molar-refractivity contribution is -0.211. The normalized spacial score (nSPS) is 39.1. The van der Waals surface area contributed by atoms with E-state index in [-0.39, 0.29) is 47.4 Å². The van der Waals surface area contributed by atoms with Crippen molar-refractivity contribution in [2.45, 2.75) is 62.1 Å². The Kier molecular flexibility index (Phi) is 5.24. The fourth-order valence-electron chi connectivity index (χ4n) is 9.41. The number of rotatable bonds is 6. The van der Waals surface area contributed by atoms with Crippen LogP contribution in [0.5, 0.6) is 17.2 Å². The summed E-state index contributed by atoms with van der Waals surface area (Å²) in [5.74, 6) is 1.58. The van der Waals surface area contributed by atoms with Gasteiger partial charge in [0.1, 0.15) is 12.3 Å². The Hall–Kier alpha value is -2.97. The molecule has 6 bridgehead atoms. The van der Waals surface area contributed by atoms with Crippen LogP contribution in [0.3, 0.4) is 0 Å². The topological polar surface area (TPSA) is 80.7 Å². The minimum absolute atomic E-state index is 0.136. The zero-order chi connectivity index (χ0) is 26.5. The minimum Gasteiger partial charge on any atom is -0.493 e. The summed E-state index contributed by atoms with van der Waals surface area (Å²) in [6.07, 6.45) is 2.09. The second-order valence-electron chi connectivity index (χ2n) is 11.6. The number of likely N-dealkylation sites (N-methyl/N-ethyl adjacent to an activating group) is 1. The molecular formula is C30H36N2O6. The van der Waals surface area contributed by atoms with Gasteiger partial charge in [-0.1, -0.05) is 25.1 Å². The van der Waals surface area contributed by atoms with Crippen molar-refractivity contribution in [3.05, 3.63) is 47.5 Å². The molecule has 5 heterocycles. The first kappa shape index (κ1) is 24.1. The number of nitrogens with zero attached hydrogens (tertiary/aromatic N) is 2. The van der Waals surface area contributed by atoms with Crippen LogP contribution in [-0.4, -0.2) is 74.8 Å². The predicted octanol–water partition coefficient (Wildman–Crippen LogP) is 3.45. The standard InChI is InChI=1S/C30H36N2O6/c1-6-16-17-13-20-26-30(18-9-7-8-10-19(18)31(26)2)14-21(32(20)28(16)33)24(17)27(30)38-29(34)15-11-22(35-3)25(37-5)23(12-15)36-4/h7-12,16-17,20-21,24,26-28,33H,6,13-14H2,1-5H3/t16-,17-,20-,21-,24-,26-,27+,28+,30+/m0/s1. The summed E-state index contributed by atoms with van der Waals surface area (Å²) in [6, 6.07) is 12.5. The Morgan fingerprint density at radius 2 is 1.79 bits per heavy atom. The summed E-state index contributed by atoms with van der Waals surface area (Å²) in [5.41, 5.74) is 2.55. The first-order chi connectivity index (χ1) is 18.4. The third kappa shape index (κ3) is 2.75. The molecule has 0 radical (unpaired) electrons. The molecule has 1 unspecified atom stereocenters. The van der Waals surface area contributed by atoms with Gasteiger partial charge in [-0.3, -0.25) is 4.90 Å². The van der Waals surface area contributed by atoms with Gasteiger partial charge in [0.2, 0.25) is 5.75 Å². The molecule has 0 aromatic heterocycles. The van der Waals surface area contributed by atoms with Crippen LogP contribution in [0.1, 0.15) is 42.1 Å². The zero-order valence-electron chi connectivity index (χ0n) is 22.6. The third-order valence-corrected chi connectivity index (χ3v) is 10.6. The second-order valence-corrected chi connectivity index (χ2v) is 11.6. The molecule has 10 atom stereocenters. The lowest BCUT2D eigenvalue weighted by Gasteiger charge is -2.62. The maximum atomic E-state index is 13.9. The quantitative estimate of drug-likeness (QED) is 0.581. The van der Waals surface area contributed by atoms with E-state index in [9.17, 15) is 9.90 Å². The average molecular weight is 521 g/mol. The first-order valence-corrected chi connectivity index (χ1v) is 13.7. The number of benzene rings is 2. The summed E-state index contributed by atoms with van der Waals surface area (Å²) in [5, 5.41) is 11.5. The molecule has 6 aliphatic rings. The van der Waals surface area contributed by atoms with Crippen LogP contribution in [0.2, 0.25) is 0 Å². The van der Waals surface area contributed by atoms with E-state index in [4.69, 9.17) is 18.9 Å². The minimum atomic E-state index is -0.440. The predicted molar refractivity (Wildman–Crippen MR) is 141 cm³/mol. The highest BCUT2D eigenvalue weighted by Gasteiger charge is 2.77. The number of methoxy groups -OCH3 is 3. The van der Waals surface area contributed by atoms with Gasteiger partial charge >= 0.3 is 5.97 Å². The van der Waals surface area contributed by atoms with Gasteiger partial charge in [-0.2, -0.15) is 0 Å². The van der Waals surface area contributed by atoms with Crippen molar-refractivity contribution in [2.75, 3.05) is 33.3 Å². The number of esters is 1. The number of hydrogen-bond donors (Lipinski definition) is 1. The largest absolute Gasteiger partial charge is 0.493 e. The number of carbonyl (C=O) groups excluding carboxylic acids is 1. The molecule has 1 spiro atoms. The molecule has 2 aromatic carbocycles. The molecule has 1 N–H and O–H groups in total. The van der Waals surface area contributed by atoms with Crippen molar-refractivity contribution >= 4 is 11.7 Å². The SMILES string of the molecule is CC[C@H]1[C@@H]2C[C@H]3[C@@H]4N(C)c5ccccc5[C@]45C[C@@H]([C@H]2[C@H]5OC(=O)c2cc(OC)c(OC)c(OC)c2)N3[C@@H]1O. The Morgan fingerprint density at radius 3 is 2.45 bits per heavy atom. The van der Waals surface area contributed by atoms with Crippen LogP contribution in [0.25, 0.3) is 0 Å². The van der Waals surface area contributed by atoms with E-state index in [0.29, 0.717) is 28.7 Å². The maximum Gasteiger partial charge on any atom is 0.338 e. The summed E-state index contributed by atoms with van der Waals surface area (Å²) < 4.78 is 23.2. The van der Waals surface area contributed by atoms with Crippen molar-refractivity contribution in [1.29, 1.82) is 0 Å². The molecule has 0 amide bonds. The van der Waals surface area contributed by atoms with Crippen molar-refractivity contribution in [1.82, 2.24) is 4.90 Å². The van der Waals surface area contributed by atoms with Gasteiger partial charge in [-0.15, -0.1) is 0 Å². The molecule has 8 heteroatoms. The smallest absolute Gasteiger partial charge is 0.338 e. The van der Waals surface area contributed by atoms with Crippen molar-refractivity contribution in [3.8, 4) is 17.2 Å². The average Bonchev–Trinajstić information content (AvgIpc) is 3.34.